The zero-order chi connectivity index (χ0) is 28.4. The van der Waals surface area contributed by atoms with E-state index in [2.05, 4.69) is 57.7 Å². The summed E-state index contributed by atoms with van der Waals surface area (Å²) < 4.78 is 0. The Hall–Kier alpha value is -1.91. The van der Waals surface area contributed by atoms with E-state index in [1.54, 1.807) is 11.6 Å². The Morgan fingerprint density at radius 3 is 2.48 bits per heavy atom. The van der Waals surface area contributed by atoms with Crippen molar-refractivity contribution in [1.82, 2.24) is 4.90 Å². The van der Waals surface area contributed by atoms with Crippen LogP contribution in [0.2, 0.25) is 0 Å². The van der Waals surface area contributed by atoms with Crippen LogP contribution in [0, 0.1) is 39.9 Å². The molecule has 4 fully saturated rings. The van der Waals surface area contributed by atoms with Gasteiger partial charge in [-0.15, -0.1) is 0 Å². The van der Waals surface area contributed by atoms with Gasteiger partial charge in [0, 0.05) is 17.4 Å². The Balaban J connectivity index is 1.35. The number of carboxylic acids is 1. The smallest absolute Gasteiger partial charge is 0.335 e. The molecular formula is C36H51NO3. The van der Waals surface area contributed by atoms with Gasteiger partial charge >= 0.3 is 5.97 Å². The molecule has 1 saturated heterocycles. The average Bonchev–Trinajstić information content (AvgIpc) is 3.29. The minimum absolute atomic E-state index is 0.0920. The number of hydrogen-bond acceptors (Lipinski definition) is 3. The van der Waals surface area contributed by atoms with Crippen LogP contribution in [0.25, 0.3) is 0 Å². The van der Waals surface area contributed by atoms with E-state index in [1.807, 2.05) is 12.1 Å². The lowest BCUT2D eigenvalue weighted by atomic mass is 9.43. The minimum Gasteiger partial charge on any atom is -0.478 e. The normalized spacial score (nSPS) is 39.8. The first kappa shape index (κ1) is 28.2. The van der Waals surface area contributed by atoms with Gasteiger partial charge in [0.05, 0.1) is 11.7 Å². The first-order valence-corrected chi connectivity index (χ1v) is 16.1. The van der Waals surface area contributed by atoms with Crippen molar-refractivity contribution in [2.75, 3.05) is 19.6 Å². The molecule has 8 atom stereocenters. The number of carbonyl (C=O) groups is 1. The Labute approximate surface area is 241 Å². The van der Waals surface area contributed by atoms with Crippen LogP contribution in [-0.2, 0) is 0 Å². The van der Waals surface area contributed by atoms with E-state index < -0.39 is 12.1 Å². The summed E-state index contributed by atoms with van der Waals surface area (Å²) in [5.41, 5.74) is 4.32. The monoisotopic (exact) mass is 545 g/mol. The van der Waals surface area contributed by atoms with Crippen molar-refractivity contribution in [3.05, 3.63) is 58.7 Å². The average molecular weight is 546 g/mol. The van der Waals surface area contributed by atoms with Gasteiger partial charge in [0.1, 0.15) is 0 Å². The van der Waals surface area contributed by atoms with Crippen LogP contribution in [0.1, 0.15) is 108 Å². The van der Waals surface area contributed by atoms with Crippen molar-refractivity contribution in [1.29, 1.82) is 0 Å². The third kappa shape index (κ3) is 4.26. The quantitative estimate of drug-likeness (QED) is 0.398. The summed E-state index contributed by atoms with van der Waals surface area (Å²) in [6.45, 7) is 15.8. The molecule has 0 radical (unpaired) electrons. The van der Waals surface area contributed by atoms with Gasteiger partial charge in [-0.05, 0) is 111 Å². The summed E-state index contributed by atoms with van der Waals surface area (Å²) in [5, 5.41) is 21.2. The molecule has 1 aromatic rings. The second-order valence-electron chi connectivity index (χ2n) is 15.2. The predicted octanol–water partition coefficient (Wildman–Crippen LogP) is 7.70. The maximum atomic E-state index is 11.9. The lowest BCUT2D eigenvalue weighted by molar-refractivity contribution is -0.0317. The fourth-order valence-corrected chi connectivity index (χ4v) is 10.7. The van der Waals surface area contributed by atoms with E-state index in [0.717, 1.165) is 17.4 Å². The molecule has 4 aliphatic carbocycles. The lowest BCUT2D eigenvalue weighted by Crippen LogP contribution is -2.54. The molecule has 4 nitrogen and oxygen atoms in total. The number of nitrogens with zero attached hydrogens (tertiary/aromatic N) is 1. The topological polar surface area (TPSA) is 60.8 Å². The SMILES string of the molecule is C[C@H](CN1CCCCC1)[C@H]1CC[C@H]2C3=CC=C4C(C)(C)C(O)CC(c5cccc(C(=O)O)c5)[C@]4(C)[C@H]3CC[C@]12C. The zero-order valence-electron chi connectivity index (χ0n) is 25.5. The number of aromatic carboxylic acids is 1. The van der Waals surface area contributed by atoms with Crippen LogP contribution in [0.4, 0.5) is 0 Å². The van der Waals surface area contributed by atoms with Crippen LogP contribution < -0.4 is 0 Å². The summed E-state index contributed by atoms with van der Waals surface area (Å²) >= 11 is 0. The van der Waals surface area contributed by atoms with Crippen LogP contribution in [0.3, 0.4) is 0 Å². The minimum atomic E-state index is -0.882. The molecule has 218 valence electrons. The Morgan fingerprint density at radius 2 is 1.75 bits per heavy atom. The molecule has 2 unspecified atom stereocenters. The third-order valence-corrected chi connectivity index (χ3v) is 12.9. The van der Waals surface area contributed by atoms with Crippen molar-refractivity contribution < 1.29 is 15.0 Å². The van der Waals surface area contributed by atoms with E-state index in [9.17, 15) is 15.0 Å². The number of aliphatic hydroxyl groups is 1. The summed E-state index contributed by atoms with van der Waals surface area (Å²) in [4.78, 5) is 14.6. The summed E-state index contributed by atoms with van der Waals surface area (Å²) in [6, 6.07) is 7.56. The number of fused-ring (bicyclic) bond motifs is 5. The summed E-state index contributed by atoms with van der Waals surface area (Å²) in [6.07, 6.45) is 14.3. The van der Waals surface area contributed by atoms with Crippen molar-refractivity contribution >= 4 is 5.97 Å². The molecule has 6 rings (SSSR count). The zero-order valence-corrected chi connectivity index (χ0v) is 25.5. The van der Waals surface area contributed by atoms with E-state index in [4.69, 9.17) is 0 Å². The second kappa shape index (κ2) is 10.1. The standard InChI is InChI=1S/C36H51NO3/c1-23(22-37-18-7-6-8-19-37)27-13-14-28-26-12-15-31-34(2,3)32(38)21-30(24-10-9-11-25(20-24)33(39)40)36(31,5)29(26)16-17-35(27,28)4/h9-12,15,20,23,27-30,32,38H,6-8,13-14,16-19,21-22H2,1-5H3,(H,39,40)/t23-,27-,28+,29+,30?,32?,35-,36+/m1/s1. The number of rotatable bonds is 5. The lowest BCUT2D eigenvalue weighted by Gasteiger charge is -2.61. The van der Waals surface area contributed by atoms with Crippen LogP contribution in [0.5, 0.6) is 0 Å². The highest BCUT2D eigenvalue weighted by molar-refractivity contribution is 5.87. The highest BCUT2D eigenvalue weighted by atomic mass is 16.4. The van der Waals surface area contributed by atoms with Gasteiger partial charge in [-0.3, -0.25) is 0 Å². The van der Waals surface area contributed by atoms with E-state index in [1.165, 1.54) is 70.2 Å². The number of hydrogen-bond donors (Lipinski definition) is 2. The molecule has 5 aliphatic rings. The molecule has 0 amide bonds. The van der Waals surface area contributed by atoms with Gasteiger partial charge in [-0.25, -0.2) is 4.79 Å². The molecule has 4 heteroatoms. The van der Waals surface area contributed by atoms with Gasteiger partial charge in [0.15, 0.2) is 0 Å². The third-order valence-electron chi connectivity index (χ3n) is 12.9. The maximum absolute atomic E-state index is 11.9. The Bertz CT molecular complexity index is 1210. The first-order valence-electron chi connectivity index (χ1n) is 16.1. The van der Waals surface area contributed by atoms with E-state index >= 15 is 0 Å². The molecule has 1 aromatic carbocycles. The molecule has 1 heterocycles. The number of allylic oxidation sites excluding steroid dienone is 3. The number of benzene rings is 1. The van der Waals surface area contributed by atoms with Gasteiger partial charge in [0.2, 0.25) is 0 Å². The number of likely N-dealkylation sites (tertiary alicyclic amines) is 1. The highest BCUT2D eigenvalue weighted by Gasteiger charge is 2.62. The fraction of sp³-hybridized carbons (Fsp3) is 0.694. The van der Waals surface area contributed by atoms with Crippen LogP contribution in [0.15, 0.2) is 47.6 Å². The molecule has 2 N–H and O–H groups in total. The molecule has 0 aromatic heterocycles. The highest BCUT2D eigenvalue weighted by Crippen LogP contribution is 2.70. The van der Waals surface area contributed by atoms with Crippen molar-refractivity contribution in [2.45, 2.75) is 98.0 Å². The molecule has 1 aliphatic heterocycles. The van der Waals surface area contributed by atoms with Gasteiger partial charge in [-0.2, -0.15) is 0 Å². The van der Waals surface area contributed by atoms with Gasteiger partial charge in [-0.1, -0.05) is 76.5 Å². The number of carboxylic acid groups (broad SMARTS) is 1. The van der Waals surface area contributed by atoms with Gasteiger partial charge in [0.25, 0.3) is 0 Å². The van der Waals surface area contributed by atoms with Gasteiger partial charge < -0.3 is 15.1 Å². The Kier molecular flexibility index (Phi) is 7.14. The number of aliphatic hydroxyl groups excluding tert-OH is 1. The van der Waals surface area contributed by atoms with Crippen molar-refractivity contribution in [3.63, 3.8) is 0 Å². The Morgan fingerprint density at radius 1 is 1.00 bits per heavy atom. The molecular weight excluding hydrogens is 494 g/mol. The fourth-order valence-electron chi connectivity index (χ4n) is 10.7. The van der Waals surface area contributed by atoms with Crippen LogP contribution in [-0.4, -0.2) is 46.8 Å². The van der Waals surface area contributed by atoms with Crippen LogP contribution >= 0.6 is 0 Å². The summed E-state index contributed by atoms with van der Waals surface area (Å²) in [5.74, 6) is 1.77. The van der Waals surface area contributed by atoms with E-state index in [-0.39, 0.29) is 16.7 Å². The maximum Gasteiger partial charge on any atom is 0.335 e. The first-order chi connectivity index (χ1) is 19.0. The van der Waals surface area contributed by atoms with E-state index in [0.29, 0.717) is 29.2 Å². The van der Waals surface area contributed by atoms with Crippen molar-refractivity contribution in [3.8, 4) is 0 Å². The molecule has 0 bridgehead atoms. The molecule has 3 saturated carbocycles. The largest absolute Gasteiger partial charge is 0.478 e. The van der Waals surface area contributed by atoms with Crippen molar-refractivity contribution in [2.24, 2.45) is 39.9 Å². The summed E-state index contributed by atoms with van der Waals surface area (Å²) in [7, 11) is 0. The number of piperidine rings is 1. The molecule has 40 heavy (non-hydrogen) atoms. The molecule has 0 spiro atoms. The predicted molar refractivity (Wildman–Crippen MR) is 161 cm³/mol. The second-order valence-corrected chi connectivity index (χ2v) is 15.2.